The monoisotopic (exact) mass is 225 g/mol. The van der Waals surface area contributed by atoms with Crippen molar-refractivity contribution in [2.24, 2.45) is 0 Å². The fourth-order valence-corrected chi connectivity index (χ4v) is 1.76. The lowest BCUT2D eigenvalue weighted by Crippen LogP contribution is -2.02. The maximum Gasteiger partial charge on any atom is 0.163 e. The Bertz CT molecular complexity index is 617. The minimum atomic E-state index is 0.824. The summed E-state index contributed by atoms with van der Waals surface area (Å²) in [7, 11) is 0. The summed E-state index contributed by atoms with van der Waals surface area (Å²) < 4.78 is 2.02. The Morgan fingerprint density at radius 3 is 3.00 bits per heavy atom. The van der Waals surface area contributed by atoms with Crippen molar-refractivity contribution in [3.05, 3.63) is 48.9 Å². The molecule has 0 N–H and O–H groups in total. The van der Waals surface area contributed by atoms with Crippen LogP contribution in [0, 0.1) is 0 Å². The SMILES string of the molecule is c1ccc(CCn2cnc3cncnc32)nc1. The number of pyridine rings is 1. The van der Waals surface area contributed by atoms with Gasteiger partial charge in [0.05, 0.1) is 12.5 Å². The highest BCUT2D eigenvalue weighted by atomic mass is 15.1. The predicted molar refractivity (Wildman–Crippen MR) is 63.3 cm³/mol. The zero-order valence-electron chi connectivity index (χ0n) is 9.19. The Hall–Kier alpha value is -2.30. The van der Waals surface area contributed by atoms with Crippen LogP contribution in [0.2, 0.25) is 0 Å². The van der Waals surface area contributed by atoms with Crippen LogP contribution in [0.3, 0.4) is 0 Å². The third-order valence-electron chi connectivity index (χ3n) is 2.62. The summed E-state index contributed by atoms with van der Waals surface area (Å²) in [5.41, 5.74) is 2.77. The lowest BCUT2D eigenvalue weighted by molar-refractivity contribution is 0.697. The number of nitrogens with zero attached hydrogens (tertiary/aromatic N) is 5. The van der Waals surface area contributed by atoms with Gasteiger partial charge in [0.25, 0.3) is 0 Å². The molecule has 0 bridgehead atoms. The number of rotatable bonds is 3. The minimum Gasteiger partial charge on any atom is -0.315 e. The Kier molecular flexibility index (Phi) is 2.50. The number of hydrogen-bond acceptors (Lipinski definition) is 4. The van der Waals surface area contributed by atoms with Crippen molar-refractivity contribution < 1.29 is 0 Å². The molecule has 0 saturated heterocycles. The van der Waals surface area contributed by atoms with Gasteiger partial charge in [0.2, 0.25) is 0 Å². The number of imidazole rings is 1. The van der Waals surface area contributed by atoms with Crippen molar-refractivity contribution in [1.82, 2.24) is 24.5 Å². The molecule has 0 amide bonds. The van der Waals surface area contributed by atoms with Crippen LogP contribution in [0.4, 0.5) is 0 Å². The summed E-state index contributed by atoms with van der Waals surface area (Å²) >= 11 is 0. The standard InChI is InChI=1S/C12H11N5/c1-2-5-14-10(3-1)4-6-17-9-16-11-7-13-8-15-12(11)17/h1-3,5,7-9H,4,6H2. The molecule has 0 radical (unpaired) electrons. The molecule has 17 heavy (non-hydrogen) atoms. The van der Waals surface area contributed by atoms with Crippen LogP contribution >= 0.6 is 0 Å². The second-order valence-electron chi connectivity index (χ2n) is 3.74. The number of aryl methyl sites for hydroxylation is 2. The molecule has 0 fully saturated rings. The van der Waals surface area contributed by atoms with E-state index in [1.165, 1.54) is 0 Å². The van der Waals surface area contributed by atoms with Crippen molar-refractivity contribution in [3.8, 4) is 0 Å². The molecule has 0 unspecified atom stereocenters. The van der Waals surface area contributed by atoms with Crippen LogP contribution in [0.1, 0.15) is 5.69 Å². The molecule has 0 aliphatic rings. The zero-order chi connectivity index (χ0) is 11.5. The normalized spacial score (nSPS) is 10.8. The lowest BCUT2D eigenvalue weighted by atomic mass is 10.3. The van der Waals surface area contributed by atoms with Gasteiger partial charge in [0.15, 0.2) is 5.65 Å². The fourth-order valence-electron chi connectivity index (χ4n) is 1.76. The van der Waals surface area contributed by atoms with Gasteiger partial charge in [0.1, 0.15) is 11.8 Å². The van der Waals surface area contributed by atoms with Gasteiger partial charge in [-0.1, -0.05) is 6.07 Å². The first-order valence-electron chi connectivity index (χ1n) is 5.44. The Balaban J connectivity index is 1.82. The second kappa shape index (κ2) is 4.29. The van der Waals surface area contributed by atoms with Gasteiger partial charge in [-0.05, 0) is 12.1 Å². The summed E-state index contributed by atoms with van der Waals surface area (Å²) in [5.74, 6) is 0. The van der Waals surface area contributed by atoms with Gasteiger partial charge in [-0.3, -0.25) is 4.98 Å². The van der Waals surface area contributed by atoms with Gasteiger partial charge < -0.3 is 4.57 Å². The molecule has 5 nitrogen and oxygen atoms in total. The molecule has 0 spiro atoms. The number of hydrogen-bond donors (Lipinski definition) is 0. The van der Waals surface area contributed by atoms with Crippen molar-refractivity contribution in [3.63, 3.8) is 0 Å². The van der Waals surface area contributed by atoms with E-state index >= 15 is 0 Å². The summed E-state index contributed by atoms with van der Waals surface area (Å²) in [6, 6.07) is 5.94. The van der Waals surface area contributed by atoms with E-state index in [4.69, 9.17) is 0 Å². The van der Waals surface area contributed by atoms with Gasteiger partial charge in [0, 0.05) is 24.9 Å². The van der Waals surface area contributed by atoms with E-state index in [0.29, 0.717) is 0 Å². The van der Waals surface area contributed by atoms with Crippen molar-refractivity contribution in [1.29, 1.82) is 0 Å². The smallest absolute Gasteiger partial charge is 0.163 e. The van der Waals surface area contributed by atoms with E-state index in [0.717, 1.165) is 29.8 Å². The maximum absolute atomic E-state index is 4.29. The Labute approximate surface area is 98.2 Å². The molecule has 3 rings (SSSR count). The largest absolute Gasteiger partial charge is 0.315 e. The van der Waals surface area contributed by atoms with Crippen LogP contribution in [-0.2, 0) is 13.0 Å². The summed E-state index contributed by atoms with van der Waals surface area (Å²) in [5, 5.41) is 0. The Morgan fingerprint density at radius 2 is 2.12 bits per heavy atom. The quantitative estimate of drug-likeness (QED) is 0.677. The molecular weight excluding hydrogens is 214 g/mol. The van der Waals surface area contributed by atoms with Gasteiger partial charge in [-0.25, -0.2) is 15.0 Å². The lowest BCUT2D eigenvalue weighted by Gasteiger charge is -2.02. The van der Waals surface area contributed by atoms with Crippen molar-refractivity contribution in [2.45, 2.75) is 13.0 Å². The molecule has 0 aliphatic heterocycles. The minimum absolute atomic E-state index is 0.824. The average Bonchev–Trinajstić information content (AvgIpc) is 2.81. The highest BCUT2D eigenvalue weighted by Gasteiger charge is 2.03. The topological polar surface area (TPSA) is 56.5 Å². The molecule has 5 heteroatoms. The van der Waals surface area contributed by atoms with Crippen LogP contribution < -0.4 is 0 Å². The highest BCUT2D eigenvalue weighted by Crippen LogP contribution is 2.08. The zero-order valence-corrected chi connectivity index (χ0v) is 9.19. The van der Waals surface area contributed by atoms with Gasteiger partial charge >= 0.3 is 0 Å². The fraction of sp³-hybridized carbons (Fsp3) is 0.167. The summed E-state index contributed by atoms with van der Waals surface area (Å²) in [6.45, 7) is 0.824. The van der Waals surface area contributed by atoms with Gasteiger partial charge in [-0.2, -0.15) is 0 Å². The first-order valence-corrected chi connectivity index (χ1v) is 5.44. The molecule has 0 aliphatic carbocycles. The summed E-state index contributed by atoms with van der Waals surface area (Å²) in [4.78, 5) is 16.7. The maximum atomic E-state index is 4.29. The molecule has 3 heterocycles. The third-order valence-corrected chi connectivity index (χ3v) is 2.62. The number of aromatic nitrogens is 5. The second-order valence-corrected chi connectivity index (χ2v) is 3.74. The first kappa shape index (κ1) is 9.89. The highest BCUT2D eigenvalue weighted by molar-refractivity contribution is 5.68. The van der Waals surface area contributed by atoms with Crippen molar-refractivity contribution in [2.75, 3.05) is 0 Å². The van der Waals surface area contributed by atoms with E-state index in [1.54, 1.807) is 18.9 Å². The molecule has 0 aromatic carbocycles. The van der Waals surface area contributed by atoms with Crippen LogP contribution in [0.15, 0.2) is 43.2 Å². The molecule has 3 aromatic heterocycles. The van der Waals surface area contributed by atoms with Crippen LogP contribution in [-0.4, -0.2) is 24.5 Å². The number of fused-ring (bicyclic) bond motifs is 1. The van der Waals surface area contributed by atoms with Crippen LogP contribution in [0.5, 0.6) is 0 Å². The molecule has 0 atom stereocenters. The van der Waals surface area contributed by atoms with Crippen molar-refractivity contribution >= 4 is 11.2 Å². The van der Waals surface area contributed by atoms with Gasteiger partial charge in [-0.15, -0.1) is 0 Å². The first-order chi connectivity index (χ1) is 8.43. The van der Waals surface area contributed by atoms with E-state index in [2.05, 4.69) is 19.9 Å². The molecular formula is C12H11N5. The molecule has 84 valence electrons. The average molecular weight is 225 g/mol. The Morgan fingerprint density at radius 1 is 1.12 bits per heavy atom. The van der Waals surface area contributed by atoms with E-state index in [9.17, 15) is 0 Å². The van der Waals surface area contributed by atoms with Crippen LogP contribution in [0.25, 0.3) is 11.2 Å². The summed E-state index contributed by atoms with van der Waals surface area (Å²) in [6.07, 6.45) is 7.74. The molecule has 3 aromatic rings. The van der Waals surface area contributed by atoms with E-state index in [-0.39, 0.29) is 0 Å². The van der Waals surface area contributed by atoms with E-state index in [1.807, 2.05) is 29.0 Å². The third kappa shape index (κ3) is 1.99. The predicted octanol–water partition coefficient (Wildman–Crippen LogP) is 1.46. The molecule has 0 saturated carbocycles. The van der Waals surface area contributed by atoms with E-state index < -0.39 is 0 Å².